The van der Waals surface area contributed by atoms with Gasteiger partial charge in [0.15, 0.2) is 0 Å². The first-order chi connectivity index (χ1) is 16.9. The maximum atomic E-state index is 14.1. The molecule has 4 nitrogen and oxygen atoms in total. The summed E-state index contributed by atoms with van der Waals surface area (Å²) in [5.74, 6) is -0.306. The van der Waals surface area contributed by atoms with Crippen LogP contribution in [0, 0.1) is 12.7 Å². The van der Waals surface area contributed by atoms with Crippen LogP contribution in [0.4, 0.5) is 4.39 Å². The van der Waals surface area contributed by atoms with Crippen LogP contribution in [0.3, 0.4) is 0 Å². The monoisotopic (exact) mass is 484 g/mol. The molecule has 0 aromatic heterocycles. The van der Waals surface area contributed by atoms with E-state index < -0.39 is 16.2 Å². The summed E-state index contributed by atoms with van der Waals surface area (Å²) in [6, 6.07) is 29.5. The zero-order valence-corrected chi connectivity index (χ0v) is 20.1. The number of hydrogen-bond donors (Lipinski definition) is 0. The lowest BCUT2D eigenvalue weighted by Gasteiger charge is -2.31. The molecule has 2 heterocycles. The van der Waals surface area contributed by atoms with Crippen molar-refractivity contribution in [2.45, 2.75) is 30.6 Å². The molecule has 0 amide bonds. The molecular formula is C29H25FN2O2S. The normalized spacial score (nSPS) is 20.1. The van der Waals surface area contributed by atoms with Crippen molar-refractivity contribution in [2.75, 3.05) is 6.54 Å². The number of hydrogen-bond acceptors (Lipinski definition) is 3. The van der Waals surface area contributed by atoms with Crippen molar-refractivity contribution in [1.82, 2.24) is 9.21 Å². The number of nitrogens with zero attached hydrogens (tertiary/aromatic N) is 2. The molecule has 2 aliphatic rings. The molecule has 0 N–H and O–H groups in total. The van der Waals surface area contributed by atoms with E-state index in [1.807, 2.05) is 49.4 Å². The Kier molecular flexibility index (Phi) is 5.33. The summed E-state index contributed by atoms with van der Waals surface area (Å²) in [5, 5.41) is 0. The summed E-state index contributed by atoms with van der Waals surface area (Å²) >= 11 is 0. The number of fused-ring (bicyclic) bond motifs is 5. The lowest BCUT2D eigenvalue weighted by molar-refractivity contribution is 0.155. The Hall–Kier alpha value is -3.32. The summed E-state index contributed by atoms with van der Waals surface area (Å²) in [7, 11) is -3.80. The van der Waals surface area contributed by atoms with Gasteiger partial charge in [0, 0.05) is 13.1 Å². The fraction of sp³-hybridized carbons (Fsp3) is 0.172. The zero-order valence-electron chi connectivity index (χ0n) is 19.3. The van der Waals surface area contributed by atoms with Crippen molar-refractivity contribution < 1.29 is 12.8 Å². The molecule has 1 saturated heterocycles. The Bertz CT molecular complexity index is 1500. The highest BCUT2D eigenvalue weighted by Crippen LogP contribution is 2.49. The predicted molar refractivity (Wildman–Crippen MR) is 134 cm³/mol. The van der Waals surface area contributed by atoms with E-state index in [0.29, 0.717) is 6.54 Å². The van der Waals surface area contributed by atoms with Crippen LogP contribution in [-0.2, 0) is 16.6 Å². The Balaban J connectivity index is 1.56. The van der Waals surface area contributed by atoms with Crippen molar-refractivity contribution in [3.05, 3.63) is 125 Å². The second kappa shape index (κ2) is 8.41. The van der Waals surface area contributed by atoms with E-state index in [0.717, 1.165) is 33.4 Å². The van der Waals surface area contributed by atoms with Gasteiger partial charge in [0.2, 0.25) is 10.0 Å². The second-order valence-electron chi connectivity index (χ2n) is 9.25. The number of sulfonamides is 1. The largest absolute Gasteiger partial charge is 0.270 e. The van der Waals surface area contributed by atoms with Crippen LogP contribution < -0.4 is 0 Å². The molecule has 6 heteroatoms. The van der Waals surface area contributed by atoms with Crippen molar-refractivity contribution in [1.29, 1.82) is 0 Å². The molecule has 0 radical (unpaired) electrons. The molecule has 1 fully saturated rings. The Morgan fingerprint density at radius 2 is 1.46 bits per heavy atom. The summed E-state index contributed by atoms with van der Waals surface area (Å²) in [4.78, 5) is 2.52. The molecule has 35 heavy (non-hydrogen) atoms. The van der Waals surface area contributed by atoms with Gasteiger partial charge in [0.05, 0.1) is 10.9 Å². The highest BCUT2D eigenvalue weighted by molar-refractivity contribution is 7.89. The Morgan fingerprint density at radius 3 is 2.20 bits per heavy atom. The average molecular weight is 485 g/mol. The molecule has 176 valence electrons. The van der Waals surface area contributed by atoms with Crippen molar-refractivity contribution in [3.8, 4) is 11.1 Å². The number of halogens is 1. The lowest BCUT2D eigenvalue weighted by Crippen LogP contribution is -2.34. The van der Waals surface area contributed by atoms with E-state index in [9.17, 15) is 12.8 Å². The van der Waals surface area contributed by atoms with E-state index in [4.69, 9.17) is 0 Å². The molecule has 0 aliphatic carbocycles. The molecule has 0 saturated carbocycles. The second-order valence-corrected chi connectivity index (χ2v) is 11.1. The highest BCUT2D eigenvalue weighted by atomic mass is 32.2. The fourth-order valence-electron chi connectivity index (χ4n) is 5.38. The zero-order chi connectivity index (χ0) is 24.2. The topological polar surface area (TPSA) is 40.6 Å². The third-order valence-corrected chi connectivity index (χ3v) is 8.96. The van der Waals surface area contributed by atoms with Crippen LogP contribution in [0.1, 0.15) is 34.5 Å². The molecule has 4 aromatic rings. The van der Waals surface area contributed by atoms with Crippen LogP contribution in [0.25, 0.3) is 11.1 Å². The summed E-state index contributed by atoms with van der Waals surface area (Å²) in [5.41, 5.74) is 6.16. The minimum absolute atomic E-state index is 0.222. The van der Waals surface area contributed by atoms with Crippen molar-refractivity contribution in [2.24, 2.45) is 0 Å². The first kappa shape index (κ1) is 22.2. The third-order valence-electron chi connectivity index (χ3n) is 7.12. The van der Waals surface area contributed by atoms with Gasteiger partial charge in [-0.2, -0.15) is 4.31 Å². The van der Waals surface area contributed by atoms with Gasteiger partial charge in [0.25, 0.3) is 0 Å². The lowest BCUT2D eigenvalue weighted by atomic mass is 9.96. The van der Waals surface area contributed by atoms with E-state index in [1.165, 1.54) is 12.1 Å². The number of rotatable bonds is 3. The van der Waals surface area contributed by atoms with Crippen LogP contribution in [0.15, 0.2) is 102 Å². The minimum Gasteiger partial charge on any atom is -0.270 e. The Labute approximate surface area is 205 Å². The average Bonchev–Trinajstić information content (AvgIpc) is 3.18. The fourth-order valence-corrected chi connectivity index (χ4v) is 6.97. The highest BCUT2D eigenvalue weighted by Gasteiger charge is 2.48. The number of benzene rings is 4. The summed E-state index contributed by atoms with van der Waals surface area (Å²) in [6.07, 6.45) is -0.486. The molecule has 6 rings (SSSR count). The van der Waals surface area contributed by atoms with Crippen LogP contribution >= 0.6 is 0 Å². The summed E-state index contributed by atoms with van der Waals surface area (Å²) < 4.78 is 43.5. The molecule has 0 spiro atoms. The van der Waals surface area contributed by atoms with Crippen LogP contribution in [-0.4, -0.2) is 24.2 Å². The smallest absolute Gasteiger partial charge is 0.244 e. The van der Waals surface area contributed by atoms with Gasteiger partial charge < -0.3 is 0 Å². The maximum absolute atomic E-state index is 14.1. The number of aryl methyl sites for hydroxylation is 1. The van der Waals surface area contributed by atoms with Gasteiger partial charge >= 0.3 is 0 Å². The van der Waals surface area contributed by atoms with Crippen LogP contribution in [0.5, 0.6) is 0 Å². The van der Waals surface area contributed by atoms with E-state index in [1.54, 1.807) is 28.6 Å². The quantitative estimate of drug-likeness (QED) is 0.355. The third kappa shape index (κ3) is 3.69. The molecule has 0 bridgehead atoms. The van der Waals surface area contributed by atoms with E-state index in [-0.39, 0.29) is 23.3 Å². The van der Waals surface area contributed by atoms with E-state index in [2.05, 4.69) is 23.1 Å². The predicted octanol–water partition coefficient (Wildman–Crippen LogP) is 6.06. The SMILES string of the molecule is Cc1ccc(S(=O)(=O)N2CC(c3ccc(F)cc3)N3Cc4ccccc4-c4ccccc4C32)cc1. The molecule has 4 aromatic carbocycles. The Morgan fingerprint density at radius 1 is 0.800 bits per heavy atom. The van der Waals surface area contributed by atoms with Gasteiger partial charge in [-0.05, 0) is 59.0 Å². The van der Waals surface area contributed by atoms with Gasteiger partial charge in [-0.25, -0.2) is 12.8 Å². The van der Waals surface area contributed by atoms with Gasteiger partial charge in [0.1, 0.15) is 12.0 Å². The van der Waals surface area contributed by atoms with Crippen molar-refractivity contribution in [3.63, 3.8) is 0 Å². The molecule has 2 unspecified atom stereocenters. The minimum atomic E-state index is -3.80. The summed E-state index contributed by atoms with van der Waals surface area (Å²) in [6.45, 7) is 2.80. The first-order valence-electron chi connectivity index (χ1n) is 11.7. The molecule has 2 aliphatic heterocycles. The first-order valence-corrected chi connectivity index (χ1v) is 13.1. The molecule has 2 atom stereocenters. The van der Waals surface area contributed by atoms with Gasteiger partial charge in [-0.15, -0.1) is 0 Å². The molecular weight excluding hydrogens is 459 g/mol. The standard InChI is InChI=1S/C29H25FN2O2S/c1-20-10-16-24(17-11-20)35(33,34)32-19-28(21-12-14-23(30)15-13-21)31-18-22-6-2-3-7-25(22)26-8-4-5-9-27(26)29(31)32/h2-17,28-29H,18-19H2,1H3. The van der Waals surface area contributed by atoms with Gasteiger partial charge in [-0.3, -0.25) is 4.90 Å². The van der Waals surface area contributed by atoms with Crippen molar-refractivity contribution >= 4 is 10.0 Å². The maximum Gasteiger partial charge on any atom is 0.244 e. The van der Waals surface area contributed by atoms with E-state index >= 15 is 0 Å². The van der Waals surface area contributed by atoms with Gasteiger partial charge in [-0.1, -0.05) is 78.4 Å². The van der Waals surface area contributed by atoms with Crippen LogP contribution in [0.2, 0.25) is 0 Å².